The van der Waals surface area contributed by atoms with Crippen molar-refractivity contribution in [3.05, 3.63) is 94.3 Å². The highest BCUT2D eigenvalue weighted by Gasteiger charge is 2.15. The lowest BCUT2D eigenvalue weighted by Crippen LogP contribution is -2.30. The van der Waals surface area contributed by atoms with Crippen LogP contribution in [0.4, 0.5) is 5.69 Å². The van der Waals surface area contributed by atoms with E-state index in [0.29, 0.717) is 11.3 Å². The Morgan fingerprint density at radius 2 is 1.52 bits per heavy atom. The van der Waals surface area contributed by atoms with E-state index in [2.05, 4.69) is 10.6 Å². The Balaban J connectivity index is 1.83. The number of hydrogen-bond donors (Lipinski definition) is 2. The van der Waals surface area contributed by atoms with Crippen molar-refractivity contribution in [3.63, 3.8) is 0 Å². The molecule has 0 saturated carbocycles. The fourth-order valence-corrected chi connectivity index (χ4v) is 2.84. The van der Waals surface area contributed by atoms with Gasteiger partial charge in [-0.3, -0.25) is 9.59 Å². The van der Waals surface area contributed by atoms with Crippen LogP contribution in [0.2, 0.25) is 0 Å². The molecule has 0 fully saturated rings. The molecule has 1 heterocycles. The third-order valence-electron chi connectivity index (χ3n) is 3.39. The van der Waals surface area contributed by atoms with Gasteiger partial charge in [-0.2, -0.15) is 0 Å². The average Bonchev–Trinajstić information content (AvgIpc) is 3.16. The molecule has 0 saturated heterocycles. The van der Waals surface area contributed by atoms with Gasteiger partial charge < -0.3 is 10.6 Å². The molecule has 2 N–H and O–H groups in total. The van der Waals surface area contributed by atoms with Gasteiger partial charge in [0.05, 0.1) is 0 Å². The quantitative estimate of drug-likeness (QED) is 0.680. The van der Waals surface area contributed by atoms with Crippen LogP contribution in [-0.4, -0.2) is 11.8 Å². The third-order valence-corrected chi connectivity index (χ3v) is 4.21. The third kappa shape index (κ3) is 4.65. The number of carbonyl (C=O) groups excluding carboxylic acids is 2. The van der Waals surface area contributed by atoms with Crippen LogP contribution in [0.15, 0.2) is 83.9 Å². The minimum atomic E-state index is -0.371. The summed E-state index contributed by atoms with van der Waals surface area (Å²) in [4.78, 5) is 25.9. The fraction of sp³-hybridized carbons (Fsp3) is 0. The second-order valence-electron chi connectivity index (χ2n) is 5.21. The Morgan fingerprint density at radius 3 is 2.16 bits per heavy atom. The van der Waals surface area contributed by atoms with Gasteiger partial charge in [-0.25, -0.2) is 0 Å². The van der Waals surface area contributed by atoms with E-state index in [1.807, 2.05) is 41.8 Å². The highest BCUT2D eigenvalue weighted by Crippen LogP contribution is 2.14. The molecule has 1 aromatic heterocycles. The summed E-state index contributed by atoms with van der Waals surface area (Å²) in [6, 6.07) is 21.7. The van der Waals surface area contributed by atoms with Crippen molar-refractivity contribution >= 4 is 34.9 Å². The van der Waals surface area contributed by atoms with Crippen LogP contribution in [-0.2, 0) is 4.79 Å². The molecule has 3 rings (SSSR count). The summed E-state index contributed by atoms with van der Waals surface area (Å²) in [5, 5.41) is 7.42. The van der Waals surface area contributed by atoms with Crippen molar-refractivity contribution in [2.45, 2.75) is 0 Å². The van der Waals surface area contributed by atoms with E-state index < -0.39 is 0 Å². The van der Waals surface area contributed by atoms with Crippen LogP contribution in [0.5, 0.6) is 0 Å². The van der Waals surface area contributed by atoms with Crippen molar-refractivity contribution in [1.82, 2.24) is 5.32 Å². The predicted molar refractivity (Wildman–Crippen MR) is 101 cm³/mol. The van der Waals surface area contributed by atoms with Crippen molar-refractivity contribution in [2.75, 3.05) is 5.32 Å². The van der Waals surface area contributed by atoms with Crippen LogP contribution < -0.4 is 10.6 Å². The molecule has 0 aliphatic heterocycles. The lowest BCUT2D eigenvalue weighted by Gasteiger charge is -2.11. The number of rotatable bonds is 5. The summed E-state index contributed by atoms with van der Waals surface area (Å²) in [7, 11) is 0. The molecule has 0 atom stereocenters. The van der Waals surface area contributed by atoms with Crippen LogP contribution in [0.3, 0.4) is 0 Å². The molecule has 25 heavy (non-hydrogen) atoms. The summed E-state index contributed by atoms with van der Waals surface area (Å²) in [5.41, 5.74) is 1.35. The second kappa shape index (κ2) is 8.08. The number of para-hydroxylation sites is 1. The molecule has 0 radical (unpaired) electrons. The zero-order valence-corrected chi connectivity index (χ0v) is 14.1. The number of benzene rings is 2. The fourth-order valence-electron chi connectivity index (χ4n) is 2.18. The van der Waals surface area contributed by atoms with E-state index in [4.69, 9.17) is 0 Å². The first-order valence-electron chi connectivity index (χ1n) is 7.70. The highest BCUT2D eigenvalue weighted by molar-refractivity contribution is 7.10. The molecule has 0 aliphatic carbocycles. The summed E-state index contributed by atoms with van der Waals surface area (Å²) in [6.45, 7) is 0. The lowest BCUT2D eigenvalue weighted by molar-refractivity contribution is -0.113. The molecule has 5 heteroatoms. The smallest absolute Gasteiger partial charge is 0.272 e. The van der Waals surface area contributed by atoms with Crippen LogP contribution in [0, 0.1) is 0 Å². The van der Waals surface area contributed by atoms with E-state index in [0.717, 1.165) is 4.88 Å². The minimum absolute atomic E-state index is 0.195. The number of amides is 2. The molecule has 0 aliphatic rings. The monoisotopic (exact) mass is 348 g/mol. The zero-order valence-electron chi connectivity index (χ0n) is 13.3. The largest absolute Gasteiger partial charge is 0.321 e. The van der Waals surface area contributed by atoms with Gasteiger partial charge in [0.15, 0.2) is 0 Å². The summed E-state index contributed by atoms with van der Waals surface area (Å²) >= 11 is 1.49. The maximum Gasteiger partial charge on any atom is 0.272 e. The summed E-state index contributed by atoms with van der Waals surface area (Å²) in [5.74, 6) is -0.699. The first-order chi connectivity index (χ1) is 12.2. The van der Waals surface area contributed by atoms with Crippen molar-refractivity contribution in [3.8, 4) is 0 Å². The van der Waals surface area contributed by atoms with Crippen molar-refractivity contribution in [2.24, 2.45) is 0 Å². The maximum atomic E-state index is 12.6. The number of thiophene rings is 1. The Bertz CT molecular complexity index is 873. The number of carbonyl (C=O) groups is 2. The average molecular weight is 348 g/mol. The van der Waals surface area contributed by atoms with Gasteiger partial charge in [0.1, 0.15) is 5.70 Å². The van der Waals surface area contributed by atoms with Crippen molar-refractivity contribution < 1.29 is 9.59 Å². The topological polar surface area (TPSA) is 58.2 Å². The second-order valence-corrected chi connectivity index (χ2v) is 6.19. The van der Waals surface area contributed by atoms with Crippen LogP contribution in [0.25, 0.3) is 6.08 Å². The molecule has 2 aromatic carbocycles. The van der Waals surface area contributed by atoms with Crippen LogP contribution in [0.1, 0.15) is 15.2 Å². The molecule has 0 unspecified atom stereocenters. The molecule has 0 bridgehead atoms. The summed E-state index contributed by atoms with van der Waals surface area (Å²) < 4.78 is 0. The van der Waals surface area contributed by atoms with E-state index in [-0.39, 0.29) is 17.5 Å². The number of nitrogens with one attached hydrogen (secondary N) is 2. The zero-order chi connectivity index (χ0) is 17.5. The molecule has 2 amide bonds. The SMILES string of the molecule is O=C(Nc1ccccc1)C(=Cc1cccs1)NC(=O)c1ccccc1. The maximum absolute atomic E-state index is 12.6. The lowest BCUT2D eigenvalue weighted by atomic mass is 10.2. The van der Waals surface area contributed by atoms with Gasteiger partial charge in [0, 0.05) is 16.1 Å². The van der Waals surface area contributed by atoms with Crippen molar-refractivity contribution in [1.29, 1.82) is 0 Å². The molecule has 124 valence electrons. The van der Waals surface area contributed by atoms with E-state index >= 15 is 0 Å². The van der Waals surface area contributed by atoms with Gasteiger partial charge in [0.25, 0.3) is 11.8 Å². The normalized spacial score (nSPS) is 11.0. The van der Waals surface area contributed by atoms with E-state index in [1.54, 1.807) is 42.5 Å². The first kappa shape index (κ1) is 16.7. The Morgan fingerprint density at radius 1 is 0.840 bits per heavy atom. The molecular formula is C20H16N2O2S. The first-order valence-corrected chi connectivity index (χ1v) is 8.58. The minimum Gasteiger partial charge on any atom is -0.321 e. The highest BCUT2D eigenvalue weighted by atomic mass is 32.1. The van der Waals surface area contributed by atoms with Gasteiger partial charge in [-0.15, -0.1) is 11.3 Å². The molecule has 0 spiro atoms. The van der Waals surface area contributed by atoms with Gasteiger partial charge in [-0.1, -0.05) is 42.5 Å². The summed E-state index contributed by atoms with van der Waals surface area (Å²) in [6.07, 6.45) is 1.67. The number of anilines is 1. The molecule has 3 aromatic rings. The van der Waals surface area contributed by atoms with Gasteiger partial charge in [0.2, 0.25) is 0 Å². The van der Waals surface area contributed by atoms with Gasteiger partial charge in [-0.05, 0) is 41.8 Å². The Kier molecular flexibility index (Phi) is 5.39. The predicted octanol–water partition coefficient (Wildman–Crippen LogP) is 4.16. The van der Waals surface area contributed by atoms with Gasteiger partial charge >= 0.3 is 0 Å². The Labute approximate surface area is 149 Å². The standard InChI is InChI=1S/C20H16N2O2S/c23-19(15-8-3-1-4-9-15)22-18(14-17-12-7-13-25-17)20(24)21-16-10-5-2-6-11-16/h1-14H,(H,21,24)(H,22,23). The van der Waals surface area contributed by atoms with Crippen LogP contribution >= 0.6 is 11.3 Å². The number of hydrogen-bond acceptors (Lipinski definition) is 3. The Hall–Kier alpha value is -3.18. The molecule has 4 nitrogen and oxygen atoms in total. The molecular weight excluding hydrogens is 332 g/mol. The van der Waals surface area contributed by atoms with E-state index in [9.17, 15) is 9.59 Å². The van der Waals surface area contributed by atoms with E-state index in [1.165, 1.54) is 11.3 Å².